The summed E-state index contributed by atoms with van der Waals surface area (Å²) in [7, 11) is 0. The van der Waals surface area contributed by atoms with Gasteiger partial charge in [-0.1, -0.05) is 11.6 Å². The molecule has 1 aromatic carbocycles. The Balaban J connectivity index is 2.15. The van der Waals surface area contributed by atoms with Gasteiger partial charge in [0.1, 0.15) is 11.9 Å². The van der Waals surface area contributed by atoms with Crippen molar-refractivity contribution in [3.8, 4) is 6.07 Å². The van der Waals surface area contributed by atoms with Crippen molar-refractivity contribution >= 4 is 23.2 Å². The molecule has 0 saturated carbocycles. The quantitative estimate of drug-likeness (QED) is 0.659. The fourth-order valence-electron chi connectivity index (χ4n) is 2.07. The normalized spacial score (nSPS) is 15.5. The highest BCUT2D eigenvalue weighted by Gasteiger charge is 2.20. The van der Waals surface area contributed by atoms with Crippen molar-refractivity contribution in [2.24, 2.45) is 5.73 Å². The number of rotatable bonds is 3. The van der Waals surface area contributed by atoms with E-state index in [1.54, 1.807) is 24.3 Å². The van der Waals surface area contributed by atoms with E-state index >= 15 is 0 Å². The van der Waals surface area contributed by atoms with Crippen LogP contribution in [0.1, 0.15) is 12.8 Å². The van der Waals surface area contributed by atoms with Crippen molar-refractivity contribution < 1.29 is 4.79 Å². The van der Waals surface area contributed by atoms with Gasteiger partial charge < -0.3 is 16.0 Å². The highest BCUT2D eigenvalue weighted by atomic mass is 35.5. The Hall–Kier alpha value is -2.19. The van der Waals surface area contributed by atoms with E-state index in [-0.39, 0.29) is 11.4 Å². The van der Waals surface area contributed by atoms with E-state index < -0.39 is 5.91 Å². The first-order valence-electron chi connectivity index (χ1n) is 6.33. The molecule has 1 saturated heterocycles. The SMILES string of the molecule is N#C/C(C(=O)Nc1ccc(Cl)cc1)=C(/N)N1CCCC1. The van der Waals surface area contributed by atoms with Crippen LogP contribution < -0.4 is 11.1 Å². The summed E-state index contributed by atoms with van der Waals surface area (Å²) in [5, 5.41) is 12.4. The lowest BCUT2D eigenvalue weighted by Crippen LogP contribution is -2.29. The number of benzene rings is 1. The molecule has 0 radical (unpaired) electrons. The number of nitrogens with two attached hydrogens (primary N) is 1. The summed E-state index contributed by atoms with van der Waals surface area (Å²) in [6.07, 6.45) is 2.05. The monoisotopic (exact) mass is 290 g/mol. The molecular weight excluding hydrogens is 276 g/mol. The van der Waals surface area contributed by atoms with Crippen molar-refractivity contribution in [1.29, 1.82) is 5.26 Å². The molecule has 1 aliphatic rings. The zero-order chi connectivity index (χ0) is 14.5. The second-order valence-corrected chi connectivity index (χ2v) is 4.96. The maximum atomic E-state index is 12.1. The predicted octanol–water partition coefficient (Wildman–Crippen LogP) is 2.07. The highest BCUT2D eigenvalue weighted by Crippen LogP contribution is 2.17. The molecule has 6 heteroatoms. The average molecular weight is 291 g/mol. The van der Waals surface area contributed by atoms with Gasteiger partial charge in [-0.05, 0) is 37.1 Å². The lowest BCUT2D eigenvalue weighted by atomic mass is 10.2. The van der Waals surface area contributed by atoms with Crippen molar-refractivity contribution in [3.63, 3.8) is 0 Å². The third-order valence-corrected chi connectivity index (χ3v) is 3.40. The molecule has 5 nitrogen and oxygen atoms in total. The molecule has 1 amide bonds. The second-order valence-electron chi connectivity index (χ2n) is 4.53. The summed E-state index contributed by atoms with van der Waals surface area (Å²) >= 11 is 5.77. The number of likely N-dealkylation sites (tertiary alicyclic amines) is 1. The Morgan fingerprint density at radius 3 is 2.45 bits per heavy atom. The minimum Gasteiger partial charge on any atom is -0.384 e. The number of halogens is 1. The summed E-state index contributed by atoms with van der Waals surface area (Å²) in [5.41, 5.74) is 6.43. The van der Waals surface area contributed by atoms with Gasteiger partial charge in [0, 0.05) is 23.8 Å². The molecule has 20 heavy (non-hydrogen) atoms. The second kappa shape index (κ2) is 6.31. The molecular formula is C14H15ClN4O. The third kappa shape index (κ3) is 3.22. The molecule has 0 spiro atoms. The summed E-state index contributed by atoms with van der Waals surface area (Å²) < 4.78 is 0. The number of nitrogens with zero attached hydrogens (tertiary/aromatic N) is 2. The van der Waals surface area contributed by atoms with E-state index in [1.165, 1.54) is 0 Å². The summed E-state index contributed by atoms with van der Waals surface area (Å²) in [6.45, 7) is 1.57. The molecule has 0 bridgehead atoms. The van der Waals surface area contributed by atoms with Crippen LogP contribution in [0.2, 0.25) is 5.02 Å². The van der Waals surface area contributed by atoms with Crippen LogP contribution >= 0.6 is 11.6 Å². The Morgan fingerprint density at radius 1 is 1.30 bits per heavy atom. The Morgan fingerprint density at radius 2 is 1.90 bits per heavy atom. The molecule has 1 fully saturated rings. The van der Waals surface area contributed by atoms with E-state index in [9.17, 15) is 4.79 Å². The third-order valence-electron chi connectivity index (χ3n) is 3.14. The molecule has 2 rings (SSSR count). The Labute approximate surface area is 122 Å². The van der Waals surface area contributed by atoms with Crippen LogP contribution in [0.25, 0.3) is 0 Å². The molecule has 104 valence electrons. The van der Waals surface area contributed by atoms with Gasteiger partial charge in [-0.15, -0.1) is 0 Å². The molecule has 0 aliphatic carbocycles. The minimum absolute atomic E-state index is 0.0538. The fourth-order valence-corrected chi connectivity index (χ4v) is 2.19. The van der Waals surface area contributed by atoms with E-state index in [0.29, 0.717) is 10.7 Å². The zero-order valence-corrected chi connectivity index (χ0v) is 11.7. The molecule has 0 unspecified atom stereocenters. The van der Waals surface area contributed by atoms with Crippen LogP contribution in [0.15, 0.2) is 35.7 Å². The average Bonchev–Trinajstić information content (AvgIpc) is 2.96. The first-order valence-corrected chi connectivity index (χ1v) is 6.71. The maximum absolute atomic E-state index is 12.1. The summed E-state index contributed by atoms with van der Waals surface area (Å²) in [6, 6.07) is 8.55. The van der Waals surface area contributed by atoms with Gasteiger partial charge in [0.25, 0.3) is 5.91 Å². The van der Waals surface area contributed by atoms with Gasteiger partial charge in [-0.2, -0.15) is 5.26 Å². The summed E-state index contributed by atoms with van der Waals surface area (Å²) in [4.78, 5) is 14.0. The molecule has 1 aliphatic heterocycles. The number of anilines is 1. The van der Waals surface area contributed by atoms with Gasteiger partial charge in [-0.3, -0.25) is 4.79 Å². The fraction of sp³-hybridized carbons (Fsp3) is 0.286. The number of amides is 1. The number of carbonyl (C=O) groups is 1. The first-order chi connectivity index (χ1) is 9.61. The minimum atomic E-state index is -0.501. The lowest BCUT2D eigenvalue weighted by Gasteiger charge is -2.18. The number of hydrogen-bond acceptors (Lipinski definition) is 4. The van der Waals surface area contributed by atoms with Gasteiger partial charge in [0.15, 0.2) is 5.57 Å². The number of nitriles is 1. The van der Waals surface area contributed by atoms with Crippen LogP contribution in [-0.2, 0) is 4.79 Å². The number of nitrogens with one attached hydrogen (secondary N) is 1. The van der Waals surface area contributed by atoms with Crippen molar-refractivity contribution in [3.05, 3.63) is 40.7 Å². The van der Waals surface area contributed by atoms with Gasteiger partial charge in [-0.25, -0.2) is 0 Å². The lowest BCUT2D eigenvalue weighted by molar-refractivity contribution is -0.112. The van der Waals surface area contributed by atoms with Gasteiger partial charge in [0.05, 0.1) is 0 Å². The first kappa shape index (κ1) is 14.2. The molecule has 1 aromatic rings. The van der Waals surface area contributed by atoms with E-state index in [0.717, 1.165) is 25.9 Å². The molecule has 1 heterocycles. The Kier molecular flexibility index (Phi) is 4.49. The predicted molar refractivity (Wildman–Crippen MR) is 77.7 cm³/mol. The maximum Gasteiger partial charge on any atom is 0.270 e. The molecule has 0 aromatic heterocycles. The smallest absolute Gasteiger partial charge is 0.270 e. The van der Waals surface area contributed by atoms with Crippen LogP contribution in [0, 0.1) is 11.3 Å². The standard InChI is InChI=1S/C14H15ClN4O/c15-10-3-5-11(6-4-10)18-14(20)12(9-16)13(17)19-7-1-2-8-19/h3-6H,1-2,7-8,17H2,(H,18,20)/b13-12+. The topological polar surface area (TPSA) is 82.1 Å². The van der Waals surface area contributed by atoms with Crippen molar-refractivity contribution in [2.45, 2.75) is 12.8 Å². The zero-order valence-electron chi connectivity index (χ0n) is 10.9. The van der Waals surface area contributed by atoms with E-state index in [4.69, 9.17) is 22.6 Å². The summed E-state index contributed by atoms with van der Waals surface area (Å²) in [5.74, 6) is -0.254. The highest BCUT2D eigenvalue weighted by molar-refractivity contribution is 6.30. The van der Waals surface area contributed by atoms with Crippen LogP contribution in [-0.4, -0.2) is 23.9 Å². The van der Waals surface area contributed by atoms with Crippen LogP contribution in [0.4, 0.5) is 5.69 Å². The van der Waals surface area contributed by atoms with Gasteiger partial charge in [0.2, 0.25) is 0 Å². The van der Waals surface area contributed by atoms with Crippen molar-refractivity contribution in [2.75, 3.05) is 18.4 Å². The largest absolute Gasteiger partial charge is 0.384 e. The Bertz CT molecular complexity index is 568. The van der Waals surface area contributed by atoms with Crippen molar-refractivity contribution in [1.82, 2.24) is 4.90 Å². The number of hydrogen-bond donors (Lipinski definition) is 2. The van der Waals surface area contributed by atoms with E-state index in [1.807, 2.05) is 11.0 Å². The van der Waals surface area contributed by atoms with E-state index in [2.05, 4.69) is 5.32 Å². The van der Waals surface area contributed by atoms with Crippen LogP contribution in [0.5, 0.6) is 0 Å². The van der Waals surface area contributed by atoms with Gasteiger partial charge >= 0.3 is 0 Å². The van der Waals surface area contributed by atoms with Crippen LogP contribution in [0.3, 0.4) is 0 Å². The molecule has 3 N–H and O–H groups in total. The molecule has 0 atom stereocenters. The number of carbonyl (C=O) groups excluding carboxylic acids is 1.